The van der Waals surface area contributed by atoms with Gasteiger partial charge >= 0.3 is 0 Å². The van der Waals surface area contributed by atoms with Crippen LogP contribution < -0.4 is 10.5 Å². The van der Waals surface area contributed by atoms with Gasteiger partial charge in [0.15, 0.2) is 5.69 Å². The van der Waals surface area contributed by atoms with Crippen LogP contribution in [0.25, 0.3) is 0 Å². The second kappa shape index (κ2) is 4.12. The molecule has 4 nitrogen and oxygen atoms in total. The highest BCUT2D eigenvalue weighted by atomic mass is 16.5. The highest BCUT2D eigenvalue weighted by molar-refractivity contribution is 5.50. The fraction of sp³-hybridized carbons (Fsp3) is 0.625. The van der Waals surface area contributed by atoms with E-state index in [0.717, 1.165) is 12.3 Å². The second-order valence-electron chi connectivity index (χ2n) is 6.92. The van der Waals surface area contributed by atoms with Gasteiger partial charge in [-0.05, 0) is 36.7 Å². The molecule has 3 atom stereocenters. The minimum atomic E-state index is 0.180. The molecule has 106 valence electrons. The Morgan fingerprint density at radius 1 is 1.40 bits per heavy atom. The minimum Gasteiger partial charge on any atom is -0.474 e. The molecule has 2 saturated carbocycles. The molecule has 3 rings (SSSR count). The first-order valence-corrected chi connectivity index (χ1v) is 7.22. The molecule has 20 heavy (non-hydrogen) atoms. The number of nitrogen functional groups attached to an aromatic ring is 1. The predicted molar refractivity (Wildman–Crippen MR) is 77.0 cm³/mol. The second-order valence-corrected chi connectivity index (χ2v) is 6.92. The molecule has 4 heteroatoms. The third-order valence-electron chi connectivity index (χ3n) is 5.98. The van der Waals surface area contributed by atoms with Gasteiger partial charge in [-0.3, -0.25) is 0 Å². The molecule has 0 aliphatic heterocycles. The van der Waals surface area contributed by atoms with Crippen molar-refractivity contribution < 1.29 is 4.74 Å². The summed E-state index contributed by atoms with van der Waals surface area (Å²) in [5.74, 6) is 1.24. The highest BCUT2D eigenvalue weighted by Crippen LogP contribution is 2.66. The Morgan fingerprint density at radius 3 is 2.70 bits per heavy atom. The van der Waals surface area contributed by atoms with Crippen LogP contribution >= 0.6 is 0 Å². The van der Waals surface area contributed by atoms with Crippen molar-refractivity contribution in [3.05, 3.63) is 17.8 Å². The van der Waals surface area contributed by atoms with E-state index in [1.807, 2.05) is 6.07 Å². The van der Waals surface area contributed by atoms with Crippen molar-refractivity contribution >= 4 is 5.69 Å². The van der Waals surface area contributed by atoms with E-state index in [9.17, 15) is 0 Å². The number of fused-ring (bicyclic) bond motifs is 2. The topological polar surface area (TPSA) is 71.9 Å². The van der Waals surface area contributed by atoms with Gasteiger partial charge in [0, 0.05) is 11.5 Å². The van der Waals surface area contributed by atoms with Crippen molar-refractivity contribution in [1.82, 2.24) is 4.98 Å². The number of pyridine rings is 1. The Balaban J connectivity index is 1.85. The van der Waals surface area contributed by atoms with Crippen LogP contribution in [0.4, 0.5) is 5.69 Å². The average molecular weight is 271 g/mol. The van der Waals surface area contributed by atoms with Gasteiger partial charge in [-0.1, -0.05) is 20.8 Å². The van der Waals surface area contributed by atoms with E-state index in [1.54, 1.807) is 12.1 Å². The summed E-state index contributed by atoms with van der Waals surface area (Å²) >= 11 is 0. The summed E-state index contributed by atoms with van der Waals surface area (Å²) in [6, 6.07) is 5.46. The first kappa shape index (κ1) is 13.2. The monoisotopic (exact) mass is 271 g/mol. The predicted octanol–water partition coefficient (Wildman–Crippen LogP) is 3.13. The molecular weight excluding hydrogens is 250 g/mol. The third kappa shape index (κ3) is 1.62. The third-order valence-corrected chi connectivity index (χ3v) is 5.98. The number of anilines is 1. The maximum Gasteiger partial charge on any atom is 0.214 e. The molecule has 0 amide bonds. The molecule has 1 aromatic heterocycles. The molecule has 2 fully saturated rings. The summed E-state index contributed by atoms with van der Waals surface area (Å²) in [5.41, 5.74) is 6.84. The van der Waals surface area contributed by atoms with Gasteiger partial charge in [0.05, 0.1) is 5.69 Å². The molecule has 0 radical (unpaired) electrons. The summed E-state index contributed by atoms with van der Waals surface area (Å²) in [5, 5.41) is 8.99. The molecule has 0 spiro atoms. The van der Waals surface area contributed by atoms with E-state index in [1.165, 1.54) is 12.8 Å². The number of hydrogen-bond donors (Lipinski definition) is 1. The Bertz CT molecular complexity index is 590. The van der Waals surface area contributed by atoms with Crippen LogP contribution in [0.3, 0.4) is 0 Å². The van der Waals surface area contributed by atoms with Crippen LogP contribution in [-0.2, 0) is 0 Å². The lowest BCUT2D eigenvalue weighted by Gasteiger charge is -2.38. The van der Waals surface area contributed by atoms with Gasteiger partial charge in [-0.25, -0.2) is 4.98 Å². The molecular formula is C16H21N3O. The lowest BCUT2D eigenvalue weighted by Crippen LogP contribution is -2.39. The van der Waals surface area contributed by atoms with Gasteiger partial charge in [-0.2, -0.15) is 5.26 Å². The summed E-state index contributed by atoms with van der Waals surface area (Å²) in [6.45, 7) is 7.03. The molecule has 2 aliphatic rings. The first-order valence-electron chi connectivity index (χ1n) is 7.22. The number of nitrogens with zero attached hydrogens (tertiary/aromatic N) is 2. The van der Waals surface area contributed by atoms with Crippen LogP contribution in [0.15, 0.2) is 12.1 Å². The van der Waals surface area contributed by atoms with Gasteiger partial charge in [0.2, 0.25) is 5.88 Å². The standard InChI is InChI=1S/C16H21N3O/c1-15(2)10-6-7-16(15,3)13(8-10)20-14-5-4-11(18)12(9-17)19-14/h4-5,10,13H,6-8,18H2,1-3H3. The molecule has 1 aromatic rings. The Hall–Kier alpha value is -1.76. The number of rotatable bonds is 2. The van der Waals surface area contributed by atoms with Gasteiger partial charge < -0.3 is 10.5 Å². The van der Waals surface area contributed by atoms with E-state index < -0.39 is 0 Å². The Kier molecular flexibility index (Phi) is 2.72. The van der Waals surface area contributed by atoms with Crippen molar-refractivity contribution in [3.8, 4) is 11.9 Å². The summed E-state index contributed by atoms with van der Waals surface area (Å²) < 4.78 is 6.13. The highest BCUT2D eigenvalue weighted by Gasteiger charge is 2.62. The van der Waals surface area contributed by atoms with Gasteiger partial charge in [-0.15, -0.1) is 0 Å². The quantitative estimate of drug-likeness (QED) is 0.897. The lowest BCUT2D eigenvalue weighted by molar-refractivity contribution is 0.0273. The van der Waals surface area contributed by atoms with Crippen molar-refractivity contribution in [1.29, 1.82) is 5.26 Å². The number of nitrogens with two attached hydrogens (primary N) is 1. The zero-order valence-electron chi connectivity index (χ0n) is 12.3. The Labute approximate surface area is 119 Å². The molecule has 0 saturated heterocycles. The zero-order chi connectivity index (χ0) is 14.5. The summed E-state index contributed by atoms with van der Waals surface area (Å²) in [6.07, 6.45) is 3.76. The van der Waals surface area contributed by atoms with Crippen LogP contribution in [0, 0.1) is 28.1 Å². The largest absolute Gasteiger partial charge is 0.474 e. The van der Waals surface area contributed by atoms with E-state index in [0.29, 0.717) is 17.0 Å². The van der Waals surface area contributed by atoms with Gasteiger partial charge in [0.1, 0.15) is 12.2 Å². The summed E-state index contributed by atoms with van der Waals surface area (Å²) in [7, 11) is 0. The fourth-order valence-electron chi connectivity index (χ4n) is 4.06. The van der Waals surface area contributed by atoms with Crippen molar-refractivity contribution in [2.24, 2.45) is 16.7 Å². The maximum atomic E-state index is 8.99. The van der Waals surface area contributed by atoms with E-state index in [2.05, 4.69) is 25.8 Å². The number of hydrogen-bond acceptors (Lipinski definition) is 4. The summed E-state index contributed by atoms with van der Waals surface area (Å²) in [4.78, 5) is 4.21. The van der Waals surface area contributed by atoms with Crippen LogP contribution in [0.2, 0.25) is 0 Å². The Morgan fingerprint density at radius 2 is 2.15 bits per heavy atom. The van der Waals surface area contributed by atoms with Crippen molar-refractivity contribution in [3.63, 3.8) is 0 Å². The minimum absolute atomic E-state index is 0.180. The average Bonchev–Trinajstić information content (AvgIpc) is 2.74. The number of nitriles is 1. The first-order chi connectivity index (χ1) is 9.38. The van der Waals surface area contributed by atoms with E-state index in [-0.39, 0.29) is 17.2 Å². The molecule has 3 unspecified atom stereocenters. The smallest absolute Gasteiger partial charge is 0.214 e. The molecule has 0 aromatic carbocycles. The van der Waals surface area contributed by atoms with Crippen LogP contribution in [0.1, 0.15) is 45.7 Å². The normalized spacial score (nSPS) is 33.9. The number of aromatic nitrogens is 1. The van der Waals surface area contributed by atoms with Crippen molar-refractivity contribution in [2.45, 2.75) is 46.1 Å². The molecule has 2 bridgehead atoms. The van der Waals surface area contributed by atoms with Crippen molar-refractivity contribution in [2.75, 3.05) is 5.73 Å². The van der Waals surface area contributed by atoms with E-state index in [4.69, 9.17) is 15.7 Å². The molecule has 2 aliphatic carbocycles. The fourth-order valence-corrected chi connectivity index (χ4v) is 4.06. The lowest BCUT2D eigenvalue weighted by atomic mass is 9.70. The van der Waals surface area contributed by atoms with Crippen LogP contribution in [0.5, 0.6) is 5.88 Å². The van der Waals surface area contributed by atoms with Crippen LogP contribution in [-0.4, -0.2) is 11.1 Å². The molecule has 2 N–H and O–H groups in total. The van der Waals surface area contributed by atoms with E-state index >= 15 is 0 Å². The maximum absolute atomic E-state index is 8.99. The number of ether oxygens (including phenoxy) is 1. The van der Waals surface area contributed by atoms with Gasteiger partial charge in [0.25, 0.3) is 0 Å². The molecule has 1 heterocycles. The SMILES string of the molecule is CC1(C)C2CCC1(C)C(Oc1ccc(N)c(C#N)n1)C2. The zero-order valence-corrected chi connectivity index (χ0v) is 12.3.